The Hall–Kier alpha value is -2.31. The molecule has 0 saturated carbocycles. The smallest absolute Gasteiger partial charge is 0.131 e. The molecule has 2 aliphatic rings. The van der Waals surface area contributed by atoms with Crippen molar-refractivity contribution >= 4 is 17.3 Å². The second kappa shape index (κ2) is 7.51. The van der Waals surface area contributed by atoms with Crippen molar-refractivity contribution in [1.82, 2.24) is 4.98 Å². The molecule has 6 heteroatoms. The van der Waals surface area contributed by atoms with Gasteiger partial charge in [0.25, 0.3) is 0 Å². The predicted molar refractivity (Wildman–Crippen MR) is 105 cm³/mol. The Bertz CT molecular complexity index is 732. The summed E-state index contributed by atoms with van der Waals surface area (Å²) < 4.78 is 11.0. The van der Waals surface area contributed by atoms with Gasteiger partial charge in [-0.2, -0.15) is 0 Å². The largest absolute Gasteiger partial charge is 0.399 e. The highest BCUT2D eigenvalue weighted by atomic mass is 16.5. The zero-order valence-electron chi connectivity index (χ0n) is 15.3. The zero-order valence-corrected chi connectivity index (χ0v) is 15.3. The molecule has 138 valence electrons. The topological polar surface area (TPSA) is 63.8 Å². The summed E-state index contributed by atoms with van der Waals surface area (Å²) in [5.74, 6) is 2.02. The van der Waals surface area contributed by atoms with Crippen LogP contribution in [0.4, 0.5) is 17.3 Å². The number of aromatic nitrogens is 1. The third-order valence-corrected chi connectivity index (χ3v) is 5.04. The fraction of sp³-hybridized carbons (Fsp3) is 0.450. The number of hydrogen-bond acceptors (Lipinski definition) is 6. The molecule has 3 heterocycles. The van der Waals surface area contributed by atoms with Crippen LogP contribution in [-0.2, 0) is 9.47 Å². The molecule has 2 saturated heterocycles. The van der Waals surface area contributed by atoms with Gasteiger partial charge >= 0.3 is 0 Å². The lowest BCUT2D eigenvalue weighted by molar-refractivity contribution is 0.121. The van der Waals surface area contributed by atoms with Crippen LogP contribution in [0.25, 0.3) is 11.1 Å². The van der Waals surface area contributed by atoms with Crippen molar-refractivity contribution in [1.29, 1.82) is 0 Å². The molecule has 1 aromatic heterocycles. The molecule has 4 rings (SSSR count). The first-order chi connectivity index (χ1) is 12.7. The number of anilines is 3. The van der Waals surface area contributed by atoms with E-state index < -0.39 is 0 Å². The van der Waals surface area contributed by atoms with Gasteiger partial charge in [0, 0.05) is 31.9 Å². The summed E-state index contributed by atoms with van der Waals surface area (Å²) in [6.07, 6.45) is 0. The van der Waals surface area contributed by atoms with Gasteiger partial charge in [0.2, 0.25) is 0 Å². The zero-order chi connectivity index (χ0) is 17.9. The van der Waals surface area contributed by atoms with E-state index in [0.717, 1.165) is 81.1 Å². The van der Waals surface area contributed by atoms with Crippen LogP contribution < -0.4 is 15.5 Å². The molecule has 0 atom stereocenters. The lowest BCUT2D eigenvalue weighted by atomic mass is 10.00. The van der Waals surface area contributed by atoms with E-state index in [0.29, 0.717) is 0 Å². The first-order valence-corrected chi connectivity index (χ1v) is 9.25. The standard InChI is InChI=1S/C20H26N4O2/c1-15-2-3-17(21)14-18(15)16-12-19(23-4-8-25-9-5-23)22-20(13-16)24-6-10-26-11-7-24/h2-3,12-14H,4-11,21H2,1H3. The molecule has 6 nitrogen and oxygen atoms in total. The van der Waals surface area contributed by atoms with E-state index in [1.54, 1.807) is 0 Å². The molecule has 1 aromatic carbocycles. The summed E-state index contributed by atoms with van der Waals surface area (Å²) in [4.78, 5) is 9.58. The molecular weight excluding hydrogens is 328 g/mol. The molecule has 2 fully saturated rings. The number of ether oxygens (including phenoxy) is 2. The fourth-order valence-electron chi connectivity index (χ4n) is 3.52. The maximum absolute atomic E-state index is 6.06. The molecule has 0 amide bonds. The minimum Gasteiger partial charge on any atom is -0.399 e. The summed E-state index contributed by atoms with van der Waals surface area (Å²) in [7, 11) is 0. The summed E-state index contributed by atoms with van der Waals surface area (Å²) in [6, 6.07) is 10.4. The lowest BCUT2D eigenvalue weighted by Crippen LogP contribution is -2.39. The molecule has 0 radical (unpaired) electrons. The fourth-order valence-corrected chi connectivity index (χ4v) is 3.52. The Morgan fingerprint density at radius 2 is 1.38 bits per heavy atom. The minimum absolute atomic E-state index is 0.746. The van der Waals surface area contributed by atoms with E-state index in [1.807, 2.05) is 6.07 Å². The van der Waals surface area contributed by atoms with Crippen molar-refractivity contribution in [3.63, 3.8) is 0 Å². The van der Waals surface area contributed by atoms with E-state index in [9.17, 15) is 0 Å². The van der Waals surface area contributed by atoms with Gasteiger partial charge in [-0.3, -0.25) is 0 Å². The van der Waals surface area contributed by atoms with Gasteiger partial charge in [-0.15, -0.1) is 0 Å². The van der Waals surface area contributed by atoms with Crippen LogP contribution in [0.2, 0.25) is 0 Å². The summed E-state index contributed by atoms with van der Waals surface area (Å²) >= 11 is 0. The summed E-state index contributed by atoms with van der Waals surface area (Å²) in [6.45, 7) is 8.59. The van der Waals surface area contributed by atoms with Crippen LogP contribution in [0, 0.1) is 6.92 Å². The van der Waals surface area contributed by atoms with Crippen molar-refractivity contribution in [3.8, 4) is 11.1 Å². The molecule has 26 heavy (non-hydrogen) atoms. The lowest BCUT2D eigenvalue weighted by Gasteiger charge is -2.32. The Morgan fingerprint density at radius 1 is 0.846 bits per heavy atom. The predicted octanol–water partition coefficient (Wildman–Crippen LogP) is 2.31. The van der Waals surface area contributed by atoms with Crippen molar-refractivity contribution in [2.75, 3.05) is 68.1 Å². The van der Waals surface area contributed by atoms with E-state index >= 15 is 0 Å². The number of nitrogens with two attached hydrogens (primary N) is 1. The SMILES string of the molecule is Cc1ccc(N)cc1-c1cc(N2CCOCC2)nc(N2CCOCC2)c1. The van der Waals surface area contributed by atoms with E-state index in [-0.39, 0.29) is 0 Å². The van der Waals surface area contributed by atoms with Crippen molar-refractivity contribution in [2.45, 2.75) is 6.92 Å². The monoisotopic (exact) mass is 354 g/mol. The molecule has 0 aliphatic carbocycles. The van der Waals surface area contributed by atoms with Gasteiger partial charge in [0.1, 0.15) is 11.6 Å². The van der Waals surface area contributed by atoms with Crippen molar-refractivity contribution in [3.05, 3.63) is 35.9 Å². The quantitative estimate of drug-likeness (QED) is 0.854. The Balaban J connectivity index is 1.77. The highest BCUT2D eigenvalue weighted by Gasteiger charge is 2.19. The van der Waals surface area contributed by atoms with Crippen LogP contribution in [0.1, 0.15) is 5.56 Å². The first-order valence-electron chi connectivity index (χ1n) is 9.25. The van der Waals surface area contributed by atoms with Gasteiger partial charge in [0.15, 0.2) is 0 Å². The van der Waals surface area contributed by atoms with E-state index in [4.69, 9.17) is 20.2 Å². The number of benzene rings is 1. The van der Waals surface area contributed by atoms with Crippen LogP contribution in [0.15, 0.2) is 30.3 Å². The number of nitrogen functional groups attached to an aromatic ring is 1. The third kappa shape index (κ3) is 3.61. The maximum atomic E-state index is 6.06. The average molecular weight is 354 g/mol. The van der Waals surface area contributed by atoms with Gasteiger partial charge in [-0.05, 0) is 47.9 Å². The third-order valence-electron chi connectivity index (χ3n) is 5.04. The van der Waals surface area contributed by atoms with Crippen molar-refractivity contribution < 1.29 is 9.47 Å². The maximum Gasteiger partial charge on any atom is 0.131 e. The molecule has 2 aromatic rings. The van der Waals surface area contributed by atoms with Crippen molar-refractivity contribution in [2.24, 2.45) is 0 Å². The first kappa shape index (κ1) is 17.1. The number of morpholine rings is 2. The highest BCUT2D eigenvalue weighted by molar-refractivity contribution is 5.75. The molecule has 2 aliphatic heterocycles. The van der Waals surface area contributed by atoms with Crippen LogP contribution in [0.3, 0.4) is 0 Å². The summed E-state index contributed by atoms with van der Waals surface area (Å²) in [5.41, 5.74) is 10.4. The number of hydrogen-bond donors (Lipinski definition) is 1. The normalized spacial score (nSPS) is 18.2. The van der Waals surface area contributed by atoms with Gasteiger partial charge in [-0.25, -0.2) is 4.98 Å². The second-order valence-corrected chi connectivity index (χ2v) is 6.85. The van der Waals surface area contributed by atoms with Gasteiger partial charge < -0.3 is 25.0 Å². The highest BCUT2D eigenvalue weighted by Crippen LogP contribution is 2.32. The second-order valence-electron chi connectivity index (χ2n) is 6.85. The van der Waals surface area contributed by atoms with Crippen LogP contribution in [-0.4, -0.2) is 57.6 Å². The molecule has 0 spiro atoms. The summed E-state index contributed by atoms with van der Waals surface area (Å²) in [5, 5.41) is 0. The molecule has 2 N–H and O–H groups in total. The number of nitrogens with zero attached hydrogens (tertiary/aromatic N) is 3. The Labute approximate surface area is 154 Å². The number of pyridine rings is 1. The molecule has 0 unspecified atom stereocenters. The average Bonchev–Trinajstić information content (AvgIpc) is 2.71. The van der Waals surface area contributed by atoms with Crippen LogP contribution in [0.5, 0.6) is 0 Å². The van der Waals surface area contributed by atoms with E-state index in [1.165, 1.54) is 5.56 Å². The van der Waals surface area contributed by atoms with E-state index in [2.05, 4.69) is 41.0 Å². The Kier molecular flexibility index (Phi) is 4.95. The van der Waals surface area contributed by atoms with Gasteiger partial charge in [-0.1, -0.05) is 6.07 Å². The molecule has 0 bridgehead atoms. The van der Waals surface area contributed by atoms with Crippen LogP contribution >= 0.6 is 0 Å². The Morgan fingerprint density at radius 3 is 1.92 bits per heavy atom. The van der Waals surface area contributed by atoms with Gasteiger partial charge in [0.05, 0.1) is 26.4 Å². The molecular formula is C20H26N4O2. The number of rotatable bonds is 3. The minimum atomic E-state index is 0.746. The number of aryl methyl sites for hydroxylation is 1.